The number of amides is 1. The molecule has 4 nitrogen and oxygen atoms in total. The SMILES string of the molecule is CC1CCCCC1(NC(=O)CCc1cccs1)C(=O)O. The number of aryl methyl sites for hydroxylation is 1. The molecule has 0 bridgehead atoms. The van der Waals surface area contributed by atoms with Crippen LogP contribution in [-0.4, -0.2) is 22.5 Å². The van der Waals surface area contributed by atoms with Gasteiger partial charge in [0, 0.05) is 11.3 Å². The molecule has 1 aromatic rings. The van der Waals surface area contributed by atoms with E-state index in [1.54, 1.807) is 11.3 Å². The van der Waals surface area contributed by atoms with Gasteiger partial charge in [-0.3, -0.25) is 4.79 Å². The molecule has 0 radical (unpaired) electrons. The number of rotatable bonds is 5. The van der Waals surface area contributed by atoms with Gasteiger partial charge in [0.1, 0.15) is 5.54 Å². The zero-order valence-corrected chi connectivity index (χ0v) is 12.5. The lowest BCUT2D eigenvalue weighted by Gasteiger charge is -2.39. The number of hydrogen-bond acceptors (Lipinski definition) is 3. The summed E-state index contributed by atoms with van der Waals surface area (Å²) in [5, 5.41) is 14.3. The molecule has 1 fully saturated rings. The van der Waals surface area contributed by atoms with E-state index in [1.807, 2.05) is 24.4 Å². The number of carbonyl (C=O) groups excluding carboxylic acids is 1. The molecule has 0 aliphatic heterocycles. The van der Waals surface area contributed by atoms with Crippen LogP contribution in [0.5, 0.6) is 0 Å². The monoisotopic (exact) mass is 295 g/mol. The van der Waals surface area contributed by atoms with Gasteiger partial charge in [0.15, 0.2) is 0 Å². The molecule has 1 aliphatic carbocycles. The van der Waals surface area contributed by atoms with Gasteiger partial charge in [-0.25, -0.2) is 4.79 Å². The molecular formula is C15H21NO3S. The van der Waals surface area contributed by atoms with Crippen molar-refractivity contribution in [2.24, 2.45) is 5.92 Å². The number of nitrogens with one attached hydrogen (secondary N) is 1. The number of carbonyl (C=O) groups is 2. The average Bonchev–Trinajstić information content (AvgIpc) is 2.92. The van der Waals surface area contributed by atoms with Crippen LogP contribution in [0.3, 0.4) is 0 Å². The Balaban J connectivity index is 1.97. The van der Waals surface area contributed by atoms with Crippen molar-refractivity contribution in [3.8, 4) is 0 Å². The summed E-state index contributed by atoms with van der Waals surface area (Å²) in [5.74, 6) is -1.07. The molecule has 1 amide bonds. The van der Waals surface area contributed by atoms with Crippen molar-refractivity contribution in [3.63, 3.8) is 0 Å². The third-order valence-electron chi connectivity index (χ3n) is 4.22. The van der Waals surface area contributed by atoms with Gasteiger partial charge in [-0.05, 0) is 36.6 Å². The predicted molar refractivity (Wildman–Crippen MR) is 78.8 cm³/mol. The normalized spacial score (nSPS) is 26.1. The van der Waals surface area contributed by atoms with E-state index in [1.165, 1.54) is 0 Å². The summed E-state index contributed by atoms with van der Waals surface area (Å²) in [6.45, 7) is 1.92. The van der Waals surface area contributed by atoms with Gasteiger partial charge in [0.05, 0.1) is 0 Å². The first-order chi connectivity index (χ1) is 9.54. The van der Waals surface area contributed by atoms with Crippen molar-refractivity contribution >= 4 is 23.2 Å². The maximum atomic E-state index is 12.1. The van der Waals surface area contributed by atoms with Gasteiger partial charge < -0.3 is 10.4 Å². The fraction of sp³-hybridized carbons (Fsp3) is 0.600. The Bertz CT molecular complexity index is 471. The zero-order chi connectivity index (χ0) is 14.6. The smallest absolute Gasteiger partial charge is 0.329 e. The molecule has 1 heterocycles. The quantitative estimate of drug-likeness (QED) is 0.878. The van der Waals surface area contributed by atoms with E-state index in [2.05, 4.69) is 5.32 Å². The summed E-state index contributed by atoms with van der Waals surface area (Å²) in [7, 11) is 0. The van der Waals surface area contributed by atoms with Crippen LogP contribution in [0.2, 0.25) is 0 Å². The van der Waals surface area contributed by atoms with Crippen LogP contribution in [0.1, 0.15) is 43.9 Å². The fourth-order valence-electron chi connectivity index (χ4n) is 2.91. The molecule has 0 saturated heterocycles. The van der Waals surface area contributed by atoms with Crippen LogP contribution in [-0.2, 0) is 16.0 Å². The highest BCUT2D eigenvalue weighted by atomic mass is 32.1. The number of carboxylic acid groups (broad SMARTS) is 1. The molecule has 1 aliphatic rings. The molecule has 2 atom stereocenters. The number of carboxylic acids is 1. The number of thiophene rings is 1. The van der Waals surface area contributed by atoms with E-state index in [0.29, 0.717) is 19.3 Å². The largest absolute Gasteiger partial charge is 0.479 e. The molecule has 1 aromatic heterocycles. The first kappa shape index (κ1) is 15.0. The van der Waals surface area contributed by atoms with E-state index in [0.717, 1.165) is 24.1 Å². The molecule has 0 aromatic carbocycles. The molecule has 2 rings (SSSR count). The van der Waals surface area contributed by atoms with E-state index < -0.39 is 11.5 Å². The minimum absolute atomic E-state index is 0.0144. The molecule has 110 valence electrons. The lowest BCUT2D eigenvalue weighted by Crippen LogP contribution is -2.60. The molecular weight excluding hydrogens is 274 g/mol. The summed E-state index contributed by atoms with van der Waals surface area (Å²) in [6.07, 6.45) is 4.32. The Morgan fingerprint density at radius 1 is 1.50 bits per heavy atom. The third-order valence-corrected chi connectivity index (χ3v) is 5.16. The molecule has 2 unspecified atom stereocenters. The minimum atomic E-state index is -1.06. The molecule has 0 spiro atoms. The molecule has 2 N–H and O–H groups in total. The Morgan fingerprint density at radius 2 is 2.30 bits per heavy atom. The second-order valence-electron chi connectivity index (χ2n) is 5.55. The molecule has 1 saturated carbocycles. The summed E-state index contributed by atoms with van der Waals surface area (Å²) >= 11 is 1.62. The van der Waals surface area contributed by atoms with Gasteiger partial charge in [0.2, 0.25) is 5.91 Å². The molecule has 5 heteroatoms. The maximum Gasteiger partial charge on any atom is 0.329 e. The first-order valence-electron chi connectivity index (χ1n) is 7.11. The lowest BCUT2D eigenvalue weighted by atomic mass is 9.73. The van der Waals surface area contributed by atoms with Gasteiger partial charge in [-0.1, -0.05) is 25.8 Å². The third kappa shape index (κ3) is 3.20. The van der Waals surface area contributed by atoms with Gasteiger partial charge in [-0.2, -0.15) is 0 Å². The predicted octanol–water partition coefficient (Wildman–Crippen LogP) is 2.83. The zero-order valence-electron chi connectivity index (χ0n) is 11.7. The van der Waals surface area contributed by atoms with Gasteiger partial charge in [0.25, 0.3) is 0 Å². The van der Waals surface area contributed by atoms with Crippen LogP contribution < -0.4 is 5.32 Å². The van der Waals surface area contributed by atoms with Crippen molar-refractivity contribution in [3.05, 3.63) is 22.4 Å². The van der Waals surface area contributed by atoms with Crippen LogP contribution in [0, 0.1) is 5.92 Å². The second kappa shape index (κ2) is 6.39. The van der Waals surface area contributed by atoms with Crippen LogP contribution >= 0.6 is 11.3 Å². The first-order valence-corrected chi connectivity index (χ1v) is 7.99. The standard InChI is InChI=1S/C15H21NO3S/c1-11-5-2-3-9-15(11,14(18)19)16-13(17)8-7-12-6-4-10-20-12/h4,6,10-11H,2-3,5,7-9H2,1H3,(H,16,17)(H,18,19). The summed E-state index contributed by atoms with van der Waals surface area (Å²) < 4.78 is 0. The highest BCUT2D eigenvalue weighted by Gasteiger charge is 2.46. The van der Waals surface area contributed by atoms with Gasteiger partial charge >= 0.3 is 5.97 Å². The Kier molecular flexibility index (Phi) is 4.81. The van der Waals surface area contributed by atoms with Crippen molar-refractivity contribution in [1.82, 2.24) is 5.32 Å². The Labute approximate surface area is 123 Å². The van der Waals surface area contributed by atoms with E-state index in [-0.39, 0.29) is 11.8 Å². The molecule has 20 heavy (non-hydrogen) atoms. The summed E-state index contributed by atoms with van der Waals surface area (Å²) in [5.41, 5.74) is -1.06. The van der Waals surface area contributed by atoms with Crippen LogP contribution in [0.4, 0.5) is 0 Å². The fourth-order valence-corrected chi connectivity index (χ4v) is 3.62. The summed E-state index contributed by atoms with van der Waals surface area (Å²) in [6, 6.07) is 3.95. The highest BCUT2D eigenvalue weighted by molar-refractivity contribution is 7.09. The van der Waals surface area contributed by atoms with Crippen LogP contribution in [0.25, 0.3) is 0 Å². The average molecular weight is 295 g/mol. The lowest BCUT2D eigenvalue weighted by molar-refractivity contribution is -0.152. The number of hydrogen-bond donors (Lipinski definition) is 2. The van der Waals surface area contributed by atoms with Crippen molar-refractivity contribution in [1.29, 1.82) is 0 Å². The Morgan fingerprint density at radius 3 is 2.90 bits per heavy atom. The minimum Gasteiger partial charge on any atom is -0.479 e. The summed E-state index contributed by atoms with van der Waals surface area (Å²) in [4.78, 5) is 24.9. The van der Waals surface area contributed by atoms with Crippen molar-refractivity contribution in [2.75, 3.05) is 0 Å². The van der Waals surface area contributed by atoms with Gasteiger partial charge in [-0.15, -0.1) is 11.3 Å². The topological polar surface area (TPSA) is 66.4 Å². The van der Waals surface area contributed by atoms with Crippen molar-refractivity contribution < 1.29 is 14.7 Å². The number of aliphatic carboxylic acids is 1. The maximum absolute atomic E-state index is 12.1. The van der Waals surface area contributed by atoms with Crippen molar-refractivity contribution in [2.45, 2.75) is 51.0 Å². The second-order valence-corrected chi connectivity index (χ2v) is 6.58. The van der Waals surface area contributed by atoms with Crippen LogP contribution in [0.15, 0.2) is 17.5 Å². The Hall–Kier alpha value is -1.36. The highest BCUT2D eigenvalue weighted by Crippen LogP contribution is 2.34. The van der Waals surface area contributed by atoms with E-state index >= 15 is 0 Å². The van der Waals surface area contributed by atoms with E-state index in [9.17, 15) is 14.7 Å². The van der Waals surface area contributed by atoms with E-state index in [4.69, 9.17) is 0 Å².